The molecule has 4 aliphatic rings. The number of aromatic nitrogens is 1. The van der Waals surface area contributed by atoms with Gasteiger partial charge in [-0.15, -0.1) is 11.3 Å². The molecule has 682 valence electrons. The van der Waals surface area contributed by atoms with E-state index in [9.17, 15) is 48.6 Å². The lowest BCUT2D eigenvalue weighted by Gasteiger charge is -2.24. The van der Waals surface area contributed by atoms with Gasteiger partial charge in [-0.2, -0.15) is 9.15 Å². The number of hydrogen-bond donors (Lipinski definition) is 5. The minimum absolute atomic E-state index is 0. The maximum atomic E-state index is 14.3. The first-order valence-electron chi connectivity index (χ1n) is 47.1. The second kappa shape index (κ2) is 46.6. The molecule has 6 N–H and O–H groups in total. The zero-order chi connectivity index (χ0) is 92.9. The molecule has 0 spiro atoms. The Hall–Kier alpha value is -12.4. The van der Waals surface area contributed by atoms with Gasteiger partial charge in [0.2, 0.25) is 45.6 Å². The zero-order valence-electron chi connectivity index (χ0n) is 77.4. The van der Waals surface area contributed by atoms with Gasteiger partial charge in [0.05, 0.1) is 32.8 Å². The summed E-state index contributed by atoms with van der Waals surface area (Å²) in [4.78, 5) is 99.6. The van der Waals surface area contributed by atoms with Gasteiger partial charge in [-0.25, -0.2) is 0 Å². The number of allylic oxidation sites excluding steroid dienone is 4. The molecule has 0 atom stereocenters. The van der Waals surface area contributed by atoms with Crippen molar-refractivity contribution in [2.75, 3.05) is 18.0 Å². The number of aryl methyl sites for hydroxylation is 2. The van der Waals surface area contributed by atoms with Crippen molar-refractivity contribution in [1.29, 1.82) is 0 Å². The third kappa shape index (κ3) is 22.0. The molecule has 5 heterocycles. The number of unbranched alkanes of at least 4 members (excludes halogenated alkanes) is 20. The quantitative estimate of drug-likeness (QED) is 0.00677. The van der Waals surface area contributed by atoms with E-state index in [-0.39, 0.29) is 40.7 Å². The van der Waals surface area contributed by atoms with Gasteiger partial charge in [-0.1, -0.05) is 302 Å². The van der Waals surface area contributed by atoms with Crippen molar-refractivity contribution in [1.82, 2.24) is 4.98 Å². The van der Waals surface area contributed by atoms with Gasteiger partial charge in [0.1, 0.15) is 29.5 Å². The lowest BCUT2D eigenvalue weighted by atomic mass is 9.97. The first kappa shape index (κ1) is 98.6. The van der Waals surface area contributed by atoms with Crippen LogP contribution in [-0.2, 0) is 9.59 Å². The smallest absolute Gasteiger partial charge is 0.280 e. The Bertz CT molecular complexity index is 6950. The molecule has 18 rings (SSSR count). The van der Waals surface area contributed by atoms with E-state index in [1.165, 1.54) is 180 Å². The van der Waals surface area contributed by atoms with Crippen LogP contribution in [0.1, 0.15) is 236 Å². The first-order valence-corrected chi connectivity index (χ1v) is 47.9. The molecule has 0 saturated heterocycles. The summed E-state index contributed by atoms with van der Waals surface area (Å²) in [7, 11) is 0. The average molecular weight is 1900 g/mol. The molecule has 0 unspecified atom stereocenters. The molecule has 0 saturated carbocycles. The molecule has 14 aromatic rings. The first-order chi connectivity index (χ1) is 63.6. The highest BCUT2D eigenvalue weighted by atomic mass is 127. The van der Waals surface area contributed by atoms with Gasteiger partial charge in [0.15, 0.2) is 11.5 Å². The van der Waals surface area contributed by atoms with Gasteiger partial charge < -0.3 is 54.3 Å². The van der Waals surface area contributed by atoms with Gasteiger partial charge in [0.25, 0.3) is 27.1 Å². The van der Waals surface area contributed by atoms with E-state index < -0.39 is 67.1 Å². The molecule has 3 aliphatic heterocycles. The van der Waals surface area contributed by atoms with Crippen LogP contribution in [0.3, 0.4) is 0 Å². The summed E-state index contributed by atoms with van der Waals surface area (Å²) in [5.41, 5.74) is 8.65. The van der Waals surface area contributed by atoms with E-state index in [0.29, 0.717) is 5.35 Å². The molecular formula is C113H121IN5O12S+. The number of anilines is 3. The maximum absolute atomic E-state index is 14.3. The summed E-state index contributed by atoms with van der Waals surface area (Å²) in [5, 5.41) is 54.6. The SMILES string of the molecule is CCCCCCCC.CCCCCCCC.CCCCCCCC[N+]1=C(/C=C2\C(=O)C(=O)C(/C=C3/[NH2+]c4cccc5cccc3c45)=C2[O-])c2cccc3c(-c4ccc(N(c5ccc(C)cc5)c5ccc(C)cc5)s4)ccc1c23.CCCCCCCC[N+]1=C(C)c2cccc3cccc1c23.O=c1c(O)c(C=c2[nH]c3cccc4cccc2c43)c(=O)c1=O.O=c1c(O)c(O)c(=O)c1=O.[I-]. The molecule has 19 heteroatoms. The van der Waals surface area contributed by atoms with E-state index in [2.05, 4.69) is 221 Å². The van der Waals surface area contributed by atoms with Crippen LogP contribution in [0.15, 0.2) is 258 Å². The van der Waals surface area contributed by atoms with Crippen molar-refractivity contribution >= 4 is 134 Å². The molecule has 0 radical (unpaired) electrons. The number of nitrogens with one attached hydrogen (secondary N) is 1. The van der Waals surface area contributed by atoms with Gasteiger partial charge in [-0.3, -0.25) is 43.7 Å². The van der Waals surface area contributed by atoms with Crippen LogP contribution in [0.4, 0.5) is 33.4 Å². The number of ketones is 2. The summed E-state index contributed by atoms with van der Waals surface area (Å²) in [6.45, 7) is 21.9. The van der Waals surface area contributed by atoms with Crippen molar-refractivity contribution in [3.8, 4) is 27.7 Å². The number of thiophene rings is 1. The zero-order valence-corrected chi connectivity index (χ0v) is 80.4. The number of aromatic amines is 1. The molecule has 17 nitrogen and oxygen atoms in total. The highest BCUT2D eigenvalue weighted by Crippen LogP contribution is 2.47. The molecule has 1 aliphatic carbocycles. The van der Waals surface area contributed by atoms with Crippen molar-refractivity contribution in [2.24, 2.45) is 0 Å². The Kier molecular flexibility index (Phi) is 34.8. The minimum Gasteiger partial charge on any atom is -1.00 e. The number of benzene rings is 10. The number of Topliss-reactive ketones (excluding diaryl/α,β-unsaturated/α-hetero) is 2. The van der Waals surface area contributed by atoms with E-state index in [1.807, 2.05) is 66.0 Å². The van der Waals surface area contributed by atoms with E-state index in [1.54, 1.807) is 23.5 Å². The largest absolute Gasteiger partial charge is 1.00 e. The summed E-state index contributed by atoms with van der Waals surface area (Å²) in [5.74, 6) is -5.11. The third-order valence-corrected chi connectivity index (χ3v) is 26.3. The highest BCUT2D eigenvalue weighted by Gasteiger charge is 2.38. The van der Waals surface area contributed by atoms with Crippen molar-refractivity contribution in [2.45, 2.75) is 216 Å². The van der Waals surface area contributed by atoms with E-state index >= 15 is 0 Å². The van der Waals surface area contributed by atoms with Crippen LogP contribution < -0.4 is 77.2 Å². The third-order valence-electron chi connectivity index (χ3n) is 25.2. The fourth-order valence-electron chi connectivity index (χ4n) is 18.0. The standard InChI is InChI=1S/C55H47N3O3S.C20H26N.C17H9NO4.2C8H18.C5H2O5.HI/c1-4-5-6-7-8-9-31-57-47-28-27-39(49-29-30-50(62-49)58(37-23-19-34(2)20-24-37)38-25-21-35(3)22-26-38)40-15-12-17-42(52(40)47)48(57)33-44-53(59)43(54(60)55(44)61)32-46-41-16-10-13-36-14-11-18-45(56-46)51(36)41;1-3-4-5-6-7-8-15-21-16(2)18-13-9-11-17-12-10-14-19(21)20(17)18;19-14-10(15(20)17(22)16(14)21)7-12-9-5-1-3-8-4-2-6-11(18-12)13(8)9;2*1-3-5-7-8-6-4-2;6-1-2(7)4(9)5(10)3(1)8;/h10-30,32-33H,4-9,31H2,1-3H3,(H,59,61);9-14H,3-8,15H2,1-2H3;1-7,18-19H;2*3-8H2,1-2H3;6-7H;1H/q;+1;;;;;. The summed E-state index contributed by atoms with van der Waals surface area (Å²) in [6.07, 6.45) is 36.7. The fraction of sp³-hybridized carbons (Fsp3) is 0.310. The van der Waals surface area contributed by atoms with Gasteiger partial charge in [-0.05, 0) is 121 Å². The van der Waals surface area contributed by atoms with E-state index in [4.69, 9.17) is 10.2 Å². The predicted molar refractivity (Wildman–Crippen MR) is 537 cm³/mol. The fourth-order valence-corrected chi connectivity index (χ4v) is 19.1. The van der Waals surface area contributed by atoms with E-state index in [0.717, 1.165) is 136 Å². The number of nitrogens with zero attached hydrogens (tertiary/aromatic N) is 3. The van der Waals surface area contributed by atoms with Crippen molar-refractivity contribution in [3.05, 3.63) is 329 Å². The van der Waals surface area contributed by atoms with Crippen LogP contribution in [-0.4, -0.2) is 65.5 Å². The Morgan fingerprint density at radius 2 is 0.848 bits per heavy atom. The number of rotatable bonds is 31. The van der Waals surface area contributed by atoms with Crippen LogP contribution in [0.5, 0.6) is 17.2 Å². The molecule has 2 aromatic heterocycles. The molecule has 12 aromatic carbocycles. The lowest BCUT2D eigenvalue weighted by Crippen LogP contribution is -3.00. The number of quaternary nitrogens is 1. The number of halogens is 1. The Balaban J connectivity index is 0.000000181. The molecule has 132 heavy (non-hydrogen) atoms. The van der Waals surface area contributed by atoms with Gasteiger partial charge >= 0.3 is 0 Å². The number of carbonyl (C=O) groups is 2. The molecular weight excluding hydrogens is 1780 g/mol. The van der Waals surface area contributed by atoms with Gasteiger partial charge in [0, 0.05) is 110 Å². The average Bonchev–Trinajstić information content (AvgIpc) is 1.56. The second-order valence-electron chi connectivity index (χ2n) is 34.6. The minimum atomic E-state index is -1.39. The summed E-state index contributed by atoms with van der Waals surface area (Å²) in [6, 6.07) is 69.5. The highest BCUT2D eigenvalue weighted by molar-refractivity contribution is 7.19. The lowest BCUT2D eigenvalue weighted by molar-refractivity contribution is -0.463. The number of aromatic hydroxyl groups is 3. The number of hydrogen-bond acceptors (Lipinski definition) is 14. The Morgan fingerprint density at radius 1 is 0.394 bits per heavy atom. The second-order valence-corrected chi connectivity index (χ2v) is 35.7. The van der Waals surface area contributed by atoms with Crippen molar-refractivity contribution in [3.63, 3.8) is 0 Å². The molecule has 0 amide bonds. The topological polar surface area (TPSA) is 262 Å². The Labute approximate surface area is 792 Å². The summed E-state index contributed by atoms with van der Waals surface area (Å²) < 4.78 is 4.80. The maximum Gasteiger partial charge on any atom is 0.280 e. The van der Waals surface area contributed by atoms with Crippen LogP contribution in [0.25, 0.3) is 76.2 Å². The summed E-state index contributed by atoms with van der Waals surface area (Å²) >= 11 is 1.75. The molecule has 0 bridgehead atoms. The normalized spacial score (nSPS) is 13.6. The van der Waals surface area contributed by atoms with Crippen LogP contribution >= 0.6 is 11.3 Å². The predicted octanol–water partition coefficient (Wildman–Crippen LogP) is 19.5. The van der Waals surface area contributed by atoms with Crippen LogP contribution in [0, 0.1) is 13.8 Å². The molecule has 0 fully saturated rings. The number of carbonyl (C=O) groups excluding carboxylic acids is 2. The van der Waals surface area contributed by atoms with Crippen LogP contribution in [0.2, 0.25) is 0 Å². The van der Waals surface area contributed by atoms with Crippen molar-refractivity contribution < 1.29 is 68.5 Å². The number of nitrogens with two attached hydrogens (primary N) is 1. The monoisotopic (exact) mass is 1900 g/mol. The Morgan fingerprint density at radius 3 is 1.39 bits per heavy atom. The number of H-pyrrole nitrogens is 1.